The zero-order valence-corrected chi connectivity index (χ0v) is 12.5. The third-order valence-corrected chi connectivity index (χ3v) is 4.67. The Balaban J connectivity index is 1.83. The van der Waals surface area contributed by atoms with Crippen molar-refractivity contribution in [2.75, 3.05) is 40.3 Å². The number of rotatable bonds is 6. The van der Waals surface area contributed by atoms with Crippen LogP contribution in [0, 0.1) is 5.92 Å². The summed E-state index contributed by atoms with van der Waals surface area (Å²) < 4.78 is 0. The van der Waals surface area contributed by atoms with Gasteiger partial charge >= 0.3 is 0 Å². The van der Waals surface area contributed by atoms with Gasteiger partial charge in [-0.2, -0.15) is 0 Å². The summed E-state index contributed by atoms with van der Waals surface area (Å²) in [5, 5.41) is 3.69. The van der Waals surface area contributed by atoms with Gasteiger partial charge in [0.15, 0.2) is 0 Å². The van der Waals surface area contributed by atoms with E-state index in [0.29, 0.717) is 0 Å². The van der Waals surface area contributed by atoms with Crippen molar-refractivity contribution in [1.82, 2.24) is 15.1 Å². The normalized spacial score (nSPS) is 33.7. The summed E-state index contributed by atoms with van der Waals surface area (Å²) in [4.78, 5) is 5.11. The molecule has 0 bridgehead atoms. The largest absolute Gasteiger partial charge is 0.314 e. The average Bonchev–Trinajstić information content (AvgIpc) is 2.91. The van der Waals surface area contributed by atoms with Crippen LogP contribution < -0.4 is 5.32 Å². The second kappa shape index (κ2) is 6.88. The number of likely N-dealkylation sites (N-methyl/N-ethyl adjacent to an activating group) is 1. The van der Waals surface area contributed by atoms with Gasteiger partial charge in [-0.15, -0.1) is 0 Å². The molecule has 2 fully saturated rings. The van der Waals surface area contributed by atoms with E-state index in [0.717, 1.165) is 24.5 Å². The fourth-order valence-corrected chi connectivity index (χ4v) is 3.85. The molecule has 2 aliphatic rings. The van der Waals surface area contributed by atoms with Crippen molar-refractivity contribution < 1.29 is 0 Å². The number of nitrogens with zero attached hydrogens (tertiary/aromatic N) is 2. The van der Waals surface area contributed by atoms with E-state index in [2.05, 4.69) is 36.1 Å². The van der Waals surface area contributed by atoms with E-state index in [4.69, 9.17) is 0 Å². The standard InChI is InChI=1S/C15H31N3/c1-4-16-15-9-5-7-13(15)11-18-10-6-8-14(18)12-17(2)3/h13-16H,4-12H2,1-3H3. The van der Waals surface area contributed by atoms with Crippen LogP contribution in [0.2, 0.25) is 0 Å². The quantitative estimate of drug-likeness (QED) is 0.778. The average molecular weight is 253 g/mol. The van der Waals surface area contributed by atoms with Gasteiger partial charge < -0.3 is 10.2 Å². The molecule has 0 radical (unpaired) electrons. The van der Waals surface area contributed by atoms with Gasteiger partial charge in [0.1, 0.15) is 0 Å². The lowest BCUT2D eigenvalue weighted by molar-refractivity contribution is 0.172. The van der Waals surface area contributed by atoms with E-state index < -0.39 is 0 Å². The van der Waals surface area contributed by atoms with E-state index in [1.165, 1.54) is 51.7 Å². The van der Waals surface area contributed by atoms with Crippen LogP contribution in [-0.4, -0.2) is 62.2 Å². The molecular weight excluding hydrogens is 222 g/mol. The fraction of sp³-hybridized carbons (Fsp3) is 1.00. The van der Waals surface area contributed by atoms with Crippen molar-refractivity contribution in [3.8, 4) is 0 Å². The molecule has 1 heterocycles. The second-order valence-electron chi connectivity index (χ2n) is 6.41. The molecule has 106 valence electrons. The molecular formula is C15H31N3. The Morgan fingerprint density at radius 2 is 2.00 bits per heavy atom. The number of hydrogen-bond donors (Lipinski definition) is 1. The Bertz CT molecular complexity index is 242. The smallest absolute Gasteiger partial charge is 0.0223 e. The summed E-state index contributed by atoms with van der Waals surface area (Å²) >= 11 is 0. The van der Waals surface area contributed by atoms with E-state index in [1.807, 2.05) is 0 Å². The molecule has 3 atom stereocenters. The molecule has 1 N–H and O–H groups in total. The van der Waals surface area contributed by atoms with E-state index in [-0.39, 0.29) is 0 Å². The van der Waals surface area contributed by atoms with E-state index in [1.54, 1.807) is 0 Å². The Morgan fingerprint density at radius 1 is 1.17 bits per heavy atom. The Kier molecular flexibility index (Phi) is 5.46. The molecule has 1 aliphatic carbocycles. The molecule has 1 saturated carbocycles. The van der Waals surface area contributed by atoms with Gasteiger partial charge in [-0.1, -0.05) is 13.3 Å². The highest BCUT2D eigenvalue weighted by Gasteiger charge is 2.32. The fourth-order valence-electron chi connectivity index (χ4n) is 3.85. The first-order valence-electron chi connectivity index (χ1n) is 7.83. The third-order valence-electron chi connectivity index (χ3n) is 4.67. The summed E-state index contributed by atoms with van der Waals surface area (Å²) in [5.74, 6) is 0.896. The minimum Gasteiger partial charge on any atom is -0.314 e. The molecule has 18 heavy (non-hydrogen) atoms. The molecule has 0 amide bonds. The van der Waals surface area contributed by atoms with Gasteiger partial charge in [0.2, 0.25) is 0 Å². The second-order valence-corrected chi connectivity index (χ2v) is 6.41. The third kappa shape index (κ3) is 3.69. The maximum absolute atomic E-state index is 3.69. The van der Waals surface area contributed by atoms with Gasteiger partial charge in [-0.05, 0) is 58.8 Å². The van der Waals surface area contributed by atoms with Crippen LogP contribution in [0.1, 0.15) is 39.0 Å². The van der Waals surface area contributed by atoms with Crippen LogP contribution in [0.4, 0.5) is 0 Å². The first-order valence-corrected chi connectivity index (χ1v) is 7.83. The molecule has 0 aromatic rings. The molecule has 1 aliphatic heterocycles. The van der Waals surface area contributed by atoms with Gasteiger partial charge in [-0.3, -0.25) is 4.90 Å². The maximum Gasteiger partial charge on any atom is 0.0223 e. The first-order chi connectivity index (χ1) is 8.70. The minimum absolute atomic E-state index is 0.788. The van der Waals surface area contributed by atoms with Crippen molar-refractivity contribution in [3.63, 3.8) is 0 Å². The Morgan fingerprint density at radius 3 is 2.72 bits per heavy atom. The van der Waals surface area contributed by atoms with Crippen molar-refractivity contribution in [2.24, 2.45) is 5.92 Å². The van der Waals surface area contributed by atoms with Crippen LogP contribution in [0.15, 0.2) is 0 Å². The lowest BCUT2D eigenvalue weighted by Gasteiger charge is -2.31. The monoisotopic (exact) mass is 253 g/mol. The lowest BCUT2D eigenvalue weighted by atomic mass is 10.0. The van der Waals surface area contributed by atoms with Gasteiger partial charge in [0.05, 0.1) is 0 Å². The van der Waals surface area contributed by atoms with Gasteiger partial charge in [0, 0.05) is 25.2 Å². The number of nitrogens with one attached hydrogen (secondary N) is 1. The molecule has 0 spiro atoms. The summed E-state index contributed by atoms with van der Waals surface area (Å²) in [5.41, 5.74) is 0. The summed E-state index contributed by atoms with van der Waals surface area (Å²) in [7, 11) is 4.40. The molecule has 3 heteroatoms. The van der Waals surface area contributed by atoms with Crippen molar-refractivity contribution >= 4 is 0 Å². The molecule has 2 rings (SSSR count). The molecule has 1 saturated heterocycles. The minimum atomic E-state index is 0.788. The molecule has 3 nitrogen and oxygen atoms in total. The SMILES string of the molecule is CCNC1CCCC1CN1CCCC1CN(C)C. The highest BCUT2D eigenvalue weighted by molar-refractivity contribution is 4.89. The molecule has 0 aromatic heterocycles. The number of likely N-dealkylation sites (tertiary alicyclic amines) is 1. The zero-order valence-electron chi connectivity index (χ0n) is 12.5. The van der Waals surface area contributed by atoms with Crippen LogP contribution in [0.3, 0.4) is 0 Å². The number of hydrogen-bond acceptors (Lipinski definition) is 3. The van der Waals surface area contributed by atoms with Crippen LogP contribution in [-0.2, 0) is 0 Å². The van der Waals surface area contributed by atoms with Gasteiger partial charge in [0.25, 0.3) is 0 Å². The zero-order chi connectivity index (χ0) is 13.0. The Labute approximate surface area is 113 Å². The van der Waals surface area contributed by atoms with Crippen LogP contribution >= 0.6 is 0 Å². The predicted molar refractivity (Wildman–Crippen MR) is 78.0 cm³/mol. The summed E-state index contributed by atoms with van der Waals surface area (Å²) in [6.07, 6.45) is 7.05. The van der Waals surface area contributed by atoms with E-state index >= 15 is 0 Å². The van der Waals surface area contributed by atoms with E-state index in [9.17, 15) is 0 Å². The molecule has 0 aromatic carbocycles. The highest BCUT2D eigenvalue weighted by Crippen LogP contribution is 2.29. The molecule has 3 unspecified atom stereocenters. The highest BCUT2D eigenvalue weighted by atomic mass is 15.2. The Hall–Kier alpha value is -0.120. The van der Waals surface area contributed by atoms with Crippen LogP contribution in [0.5, 0.6) is 0 Å². The summed E-state index contributed by atoms with van der Waals surface area (Å²) in [6, 6.07) is 1.60. The van der Waals surface area contributed by atoms with Crippen molar-refractivity contribution in [3.05, 3.63) is 0 Å². The van der Waals surface area contributed by atoms with Crippen molar-refractivity contribution in [1.29, 1.82) is 0 Å². The lowest BCUT2D eigenvalue weighted by Crippen LogP contribution is -2.43. The van der Waals surface area contributed by atoms with Crippen LogP contribution in [0.25, 0.3) is 0 Å². The topological polar surface area (TPSA) is 18.5 Å². The first kappa shape index (κ1) is 14.3. The summed E-state index contributed by atoms with van der Waals surface area (Å²) in [6.45, 7) is 7.25. The van der Waals surface area contributed by atoms with Crippen molar-refractivity contribution in [2.45, 2.75) is 51.1 Å². The predicted octanol–water partition coefficient (Wildman–Crippen LogP) is 1.79. The maximum atomic E-state index is 3.69. The van der Waals surface area contributed by atoms with Gasteiger partial charge in [-0.25, -0.2) is 0 Å².